The zero-order valence-corrected chi connectivity index (χ0v) is 10.8. The third-order valence-corrected chi connectivity index (χ3v) is 4.19. The van der Waals surface area contributed by atoms with Crippen LogP contribution in [0.5, 0.6) is 0 Å². The van der Waals surface area contributed by atoms with Crippen LogP contribution in [-0.2, 0) is 26.0 Å². The van der Waals surface area contributed by atoms with Crippen LogP contribution in [0.15, 0.2) is 30.3 Å². The van der Waals surface area contributed by atoms with Gasteiger partial charge in [0.1, 0.15) is 6.10 Å². The topological polar surface area (TPSA) is 72.5 Å². The van der Waals surface area contributed by atoms with Gasteiger partial charge in [-0.1, -0.05) is 30.3 Å². The van der Waals surface area contributed by atoms with Crippen LogP contribution in [0.4, 0.5) is 0 Å². The smallest absolute Gasteiger partial charge is 0.328 e. The van der Waals surface area contributed by atoms with Gasteiger partial charge in [0.2, 0.25) is 10.0 Å². The van der Waals surface area contributed by atoms with Crippen molar-refractivity contribution in [2.24, 2.45) is 0 Å². The van der Waals surface area contributed by atoms with Crippen molar-refractivity contribution in [3.05, 3.63) is 35.9 Å². The highest BCUT2D eigenvalue weighted by atomic mass is 32.2. The molecule has 1 aliphatic rings. The summed E-state index contributed by atoms with van der Waals surface area (Å²) in [5.41, 5.74) is 0.951. The summed E-state index contributed by atoms with van der Waals surface area (Å²) in [6.07, 6.45) is 0.0378. The maximum absolute atomic E-state index is 11.8. The van der Waals surface area contributed by atoms with Gasteiger partial charge >= 0.3 is 5.97 Å². The van der Waals surface area contributed by atoms with E-state index in [4.69, 9.17) is 4.74 Å². The Hall–Kier alpha value is -1.40. The van der Waals surface area contributed by atoms with Crippen molar-refractivity contribution in [1.29, 1.82) is 0 Å². The van der Waals surface area contributed by atoms with Gasteiger partial charge in [-0.3, -0.25) is 4.79 Å². The van der Waals surface area contributed by atoms with E-state index in [1.165, 1.54) is 0 Å². The third kappa shape index (κ3) is 3.08. The second-order valence-corrected chi connectivity index (χ2v) is 6.17. The van der Waals surface area contributed by atoms with Crippen molar-refractivity contribution in [2.75, 3.05) is 5.75 Å². The second kappa shape index (κ2) is 5.07. The highest BCUT2D eigenvalue weighted by Crippen LogP contribution is 2.14. The lowest BCUT2D eigenvalue weighted by atomic mass is 10.1. The van der Waals surface area contributed by atoms with Gasteiger partial charge in [0.15, 0.2) is 6.04 Å². The lowest BCUT2D eigenvalue weighted by Gasteiger charge is -2.32. The minimum atomic E-state index is -3.46. The van der Waals surface area contributed by atoms with E-state index in [1.54, 1.807) is 6.92 Å². The first-order valence-electron chi connectivity index (χ1n) is 5.72. The van der Waals surface area contributed by atoms with E-state index in [-0.39, 0.29) is 11.9 Å². The molecule has 0 saturated carbocycles. The van der Waals surface area contributed by atoms with E-state index >= 15 is 0 Å². The van der Waals surface area contributed by atoms with Crippen LogP contribution in [0.25, 0.3) is 0 Å². The summed E-state index contributed by atoms with van der Waals surface area (Å²) in [6, 6.07) is 8.61. The molecular formula is C12H15NO4S. The van der Waals surface area contributed by atoms with Gasteiger partial charge in [-0.2, -0.15) is 4.72 Å². The molecule has 0 aromatic heterocycles. The van der Waals surface area contributed by atoms with Crippen molar-refractivity contribution < 1.29 is 17.9 Å². The molecule has 1 aliphatic heterocycles. The second-order valence-electron chi connectivity index (χ2n) is 4.29. The summed E-state index contributed by atoms with van der Waals surface area (Å²) in [5.74, 6) is -0.543. The molecule has 1 aromatic carbocycles. The molecule has 1 heterocycles. The lowest BCUT2D eigenvalue weighted by Crippen LogP contribution is -2.58. The zero-order valence-electron chi connectivity index (χ0n) is 10.00. The van der Waals surface area contributed by atoms with Crippen molar-refractivity contribution in [1.82, 2.24) is 4.72 Å². The molecule has 0 unspecified atom stereocenters. The summed E-state index contributed by atoms with van der Waals surface area (Å²) in [4.78, 5) is 11.0. The van der Waals surface area contributed by atoms with Gasteiger partial charge in [0, 0.05) is 0 Å². The summed E-state index contributed by atoms with van der Waals surface area (Å²) < 4.78 is 30.6. The molecule has 0 aliphatic carbocycles. The monoisotopic (exact) mass is 269 g/mol. The summed E-state index contributed by atoms with van der Waals surface area (Å²) in [7, 11) is -3.46. The Balaban J connectivity index is 1.90. The van der Waals surface area contributed by atoms with Crippen molar-refractivity contribution in [2.45, 2.75) is 25.5 Å². The standard InChI is InChI=1S/C12H15NO4S/c1-9-11(12(14)17-9)13-18(15,16)8-7-10-5-3-2-4-6-10/h2-6,9,11,13H,7-8H2,1H3/t9-,11+/m1/s1. The molecule has 5 nitrogen and oxygen atoms in total. The van der Waals surface area contributed by atoms with E-state index in [2.05, 4.69) is 4.72 Å². The highest BCUT2D eigenvalue weighted by Gasteiger charge is 2.41. The quantitative estimate of drug-likeness (QED) is 0.788. The normalized spacial score (nSPS) is 23.3. The van der Waals surface area contributed by atoms with Crippen LogP contribution in [0, 0.1) is 0 Å². The fraction of sp³-hybridized carbons (Fsp3) is 0.417. The van der Waals surface area contributed by atoms with Gasteiger partial charge < -0.3 is 4.74 Å². The summed E-state index contributed by atoms with van der Waals surface area (Å²) in [5, 5.41) is 0. The molecule has 18 heavy (non-hydrogen) atoms. The summed E-state index contributed by atoms with van der Waals surface area (Å²) in [6.45, 7) is 1.66. The first-order valence-corrected chi connectivity index (χ1v) is 7.37. The highest BCUT2D eigenvalue weighted by molar-refractivity contribution is 7.89. The number of carbonyl (C=O) groups is 1. The number of carbonyl (C=O) groups excluding carboxylic acids is 1. The van der Waals surface area contributed by atoms with Gasteiger partial charge in [0.25, 0.3) is 0 Å². The van der Waals surface area contributed by atoms with Crippen LogP contribution in [0.1, 0.15) is 12.5 Å². The molecule has 0 bridgehead atoms. The average molecular weight is 269 g/mol. The molecular weight excluding hydrogens is 254 g/mol. The van der Waals surface area contributed by atoms with E-state index in [0.29, 0.717) is 6.42 Å². The molecule has 6 heteroatoms. The Labute approximate surface area is 106 Å². The average Bonchev–Trinajstić information content (AvgIpc) is 2.36. The van der Waals surface area contributed by atoms with Crippen LogP contribution >= 0.6 is 0 Å². The number of esters is 1. The predicted octanol–water partition coefficient (Wildman–Crippen LogP) is 0.462. The fourth-order valence-electron chi connectivity index (χ4n) is 1.74. The molecule has 0 amide bonds. The number of rotatable bonds is 5. The minimum absolute atomic E-state index is 0.0342. The van der Waals surface area contributed by atoms with Crippen molar-refractivity contribution >= 4 is 16.0 Å². The number of cyclic esters (lactones) is 1. The van der Waals surface area contributed by atoms with E-state index in [0.717, 1.165) is 5.56 Å². The van der Waals surface area contributed by atoms with Crippen molar-refractivity contribution in [3.63, 3.8) is 0 Å². The van der Waals surface area contributed by atoms with Crippen LogP contribution in [0.2, 0.25) is 0 Å². The van der Waals surface area contributed by atoms with Crippen LogP contribution < -0.4 is 4.72 Å². The molecule has 1 N–H and O–H groups in total. The summed E-state index contributed by atoms with van der Waals surface area (Å²) >= 11 is 0. The maximum atomic E-state index is 11.8. The van der Waals surface area contributed by atoms with Crippen LogP contribution in [-0.4, -0.2) is 32.3 Å². The van der Waals surface area contributed by atoms with Gasteiger partial charge in [0.05, 0.1) is 5.75 Å². The SMILES string of the molecule is C[C@H]1OC(=O)[C@H]1NS(=O)(=O)CCc1ccccc1. The number of nitrogens with one attached hydrogen (secondary N) is 1. The minimum Gasteiger partial charge on any atom is -0.459 e. The third-order valence-electron chi connectivity index (χ3n) is 2.83. The zero-order chi connectivity index (χ0) is 13.2. The Bertz CT molecular complexity index is 526. The van der Waals surface area contributed by atoms with Crippen LogP contribution in [0.3, 0.4) is 0 Å². The number of hydrogen-bond donors (Lipinski definition) is 1. The number of hydrogen-bond acceptors (Lipinski definition) is 4. The lowest BCUT2D eigenvalue weighted by molar-refractivity contribution is -0.173. The Morgan fingerprint density at radius 3 is 2.50 bits per heavy atom. The Morgan fingerprint density at radius 2 is 1.94 bits per heavy atom. The number of ether oxygens (including phenoxy) is 1. The number of sulfonamides is 1. The van der Waals surface area contributed by atoms with Gasteiger partial charge in [-0.15, -0.1) is 0 Å². The first kappa shape index (κ1) is 13.0. The number of benzene rings is 1. The van der Waals surface area contributed by atoms with E-state index in [1.807, 2.05) is 30.3 Å². The fourth-order valence-corrected chi connectivity index (χ4v) is 3.03. The molecule has 1 saturated heterocycles. The predicted molar refractivity (Wildman–Crippen MR) is 66.4 cm³/mol. The first-order chi connectivity index (χ1) is 8.48. The Kier molecular flexibility index (Phi) is 3.68. The number of aryl methyl sites for hydroxylation is 1. The molecule has 1 aromatic rings. The van der Waals surface area contributed by atoms with Gasteiger partial charge in [-0.25, -0.2) is 8.42 Å². The van der Waals surface area contributed by atoms with E-state index in [9.17, 15) is 13.2 Å². The molecule has 1 fully saturated rings. The molecule has 2 atom stereocenters. The molecule has 0 radical (unpaired) electrons. The van der Waals surface area contributed by atoms with E-state index < -0.39 is 22.0 Å². The maximum Gasteiger partial charge on any atom is 0.328 e. The van der Waals surface area contributed by atoms with Gasteiger partial charge in [-0.05, 0) is 18.9 Å². The largest absolute Gasteiger partial charge is 0.459 e. The Morgan fingerprint density at radius 1 is 1.28 bits per heavy atom. The van der Waals surface area contributed by atoms with Crippen molar-refractivity contribution in [3.8, 4) is 0 Å². The molecule has 0 spiro atoms. The molecule has 98 valence electrons. The molecule has 2 rings (SSSR count).